The van der Waals surface area contributed by atoms with Crippen molar-refractivity contribution in [2.75, 3.05) is 31.1 Å². The summed E-state index contributed by atoms with van der Waals surface area (Å²) in [5.74, 6) is 1.16. The molecule has 0 saturated carbocycles. The number of fused-ring (bicyclic) bond motifs is 1. The maximum Gasteiger partial charge on any atom is 0.198 e. The standard InChI is InChI=1S/C14H19N3O/c1-10(2)14-16-12-4-3-11(9-13(12)18-14)17-7-5-15-6-8-17/h3-4,9-10,15H,5-8H2,1-2H3. The number of oxazole rings is 1. The van der Waals surface area contributed by atoms with Gasteiger partial charge >= 0.3 is 0 Å². The lowest BCUT2D eigenvalue weighted by atomic mass is 10.2. The zero-order valence-corrected chi connectivity index (χ0v) is 10.9. The van der Waals surface area contributed by atoms with Crippen LogP contribution in [0.25, 0.3) is 11.1 Å². The summed E-state index contributed by atoms with van der Waals surface area (Å²) in [6, 6.07) is 6.31. The number of benzene rings is 1. The Morgan fingerprint density at radius 2 is 2.06 bits per heavy atom. The molecule has 0 atom stereocenters. The van der Waals surface area contributed by atoms with E-state index in [-0.39, 0.29) is 0 Å². The summed E-state index contributed by atoms with van der Waals surface area (Å²) in [4.78, 5) is 6.88. The van der Waals surface area contributed by atoms with E-state index in [0.29, 0.717) is 5.92 Å². The predicted molar refractivity (Wildman–Crippen MR) is 73.2 cm³/mol. The van der Waals surface area contributed by atoms with Gasteiger partial charge in [0.25, 0.3) is 0 Å². The van der Waals surface area contributed by atoms with Gasteiger partial charge in [0.1, 0.15) is 5.52 Å². The van der Waals surface area contributed by atoms with Crippen molar-refractivity contribution in [2.24, 2.45) is 0 Å². The number of nitrogens with zero attached hydrogens (tertiary/aromatic N) is 2. The molecule has 2 heterocycles. The van der Waals surface area contributed by atoms with Crippen molar-refractivity contribution < 1.29 is 4.42 Å². The molecule has 1 aromatic carbocycles. The Bertz CT molecular complexity index is 541. The molecule has 1 saturated heterocycles. The topological polar surface area (TPSA) is 41.3 Å². The third-order valence-corrected chi connectivity index (χ3v) is 3.36. The summed E-state index contributed by atoms with van der Waals surface area (Å²) in [5.41, 5.74) is 3.09. The molecule has 3 rings (SSSR count). The van der Waals surface area contributed by atoms with Crippen molar-refractivity contribution in [3.05, 3.63) is 24.1 Å². The van der Waals surface area contributed by atoms with Gasteiger partial charge in [-0.3, -0.25) is 0 Å². The van der Waals surface area contributed by atoms with Crippen molar-refractivity contribution in [1.82, 2.24) is 10.3 Å². The van der Waals surface area contributed by atoms with Gasteiger partial charge in [-0.15, -0.1) is 0 Å². The molecule has 0 unspecified atom stereocenters. The van der Waals surface area contributed by atoms with Crippen molar-refractivity contribution in [3.63, 3.8) is 0 Å². The van der Waals surface area contributed by atoms with E-state index in [0.717, 1.165) is 43.2 Å². The van der Waals surface area contributed by atoms with Crippen LogP contribution in [-0.4, -0.2) is 31.2 Å². The van der Waals surface area contributed by atoms with E-state index in [4.69, 9.17) is 4.42 Å². The van der Waals surface area contributed by atoms with Crippen LogP contribution >= 0.6 is 0 Å². The van der Waals surface area contributed by atoms with Gasteiger partial charge in [0.2, 0.25) is 0 Å². The summed E-state index contributed by atoms with van der Waals surface area (Å²) in [6.45, 7) is 8.40. The molecule has 0 aliphatic carbocycles. The second-order valence-electron chi connectivity index (χ2n) is 5.10. The van der Waals surface area contributed by atoms with Crippen molar-refractivity contribution >= 4 is 16.8 Å². The van der Waals surface area contributed by atoms with E-state index in [1.54, 1.807) is 0 Å². The lowest BCUT2D eigenvalue weighted by Crippen LogP contribution is -2.43. The number of rotatable bonds is 2. The van der Waals surface area contributed by atoms with Crippen molar-refractivity contribution in [1.29, 1.82) is 0 Å². The molecule has 1 fully saturated rings. The van der Waals surface area contributed by atoms with Crippen LogP contribution in [0.5, 0.6) is 0 Å². The first kappa shape index (κ1) is 11.5. The number of aromatic nitrogens is 1. The number of piperazine rings is 1. The molecule has 0 spiro atoms. The molecule has 4 heteroatoms. The van der Waals surface area contributed by atoms with E-state index in [1.165, 1.54) is 5.69 Å². The van der Waals surface area contributed by atoms with Crippen molar-refractivity contribution in [3.8, 4) is 0 Å². The second kappa shape index (κ2) is 4.61. The molecule has 0 amide bonds. The first-order chi connectivity index (χ1) is 8.74. The van der Waals surface area contributed by atoms with Crippen LogP contribution < -0.4 is 10.2 Å². The average Bonchev–Trinajstić information content (AvgIpc) is 2.82. The monoisotopic (exact) mass is 245 g/mol. The number of hydrogen-bond acceptors (Lipinski definition) is 4. The normalized spacial score (nSPS) is 16.7. The Balaban J connectivity index is 1.94. The van der Waals surface area contributed by atoms with Gasteiger partial charge in [-0.25, -0.2) is 4.98 Å². The Labute approximate surface area is 107 Å². The van der Waals surface area contributed by atoms with E-state index in [1.807, 2.05) is 0 Å². The molecule has 2 aromatic rings. The predicted octanol–water partition coefficient (Wildman–Crippen LogP) is 2.36. The number of anilines is 1. The van der Waals surface area contributed by atoms with Crippen LogP contribution in [0, 0.1) is 0 Å². The third kappa shape index (κ3) is 2.08. The molecule has 1 aliphatic rings. The van der Waals surface area contributed by atoms with Crippen molar-refractivity contribution in [2.45, 2.75) is 19.8 Å². The molecule has 1 N–H and O–H groups in total. The Kier molecular flexibility index (Phi) is 2.96. The van der Waals surface area contributed by atoms with Crippen LogP contribution in [0.3, 0.4) is 0 Å². The van der Waals surface area contributed by atoms with E-state index in [2.05, 4.69) is 47.2 Å². The SMILES string of the molecule is CC(C)c1nc2ccc(N3CCNCC3)cc2o1. The molecule has 0 radical (unpaired) electrons. The fourth-order valence-electron chi connectivity index (χ4n) is 2.30. The lowest BCUT2D eigenvalue weighted by Gasteiger charge is -2.29. The Hall–Kier alpha value is -1.55. The van der Waals surface area contributed by atoms with Gasteiger partial charge in [-0.1, -0.05) is 13.8 Å². The van der Waals surface area contributed by atoms with Gasteiger partial charge in [-0.05, 0) is 12.1 Å². The summed E-state index contributed by atoms with van der Waals surface area (Å²) < 4.78 is 5.81. The second-order valence-corrected chi connectivity index (χ2v) is 5.10. The van der Waals surface area contributed by atoms with Gasteiger partial charge in [0.15, 0.2) is 11.5 Å². The highest BCUT2D eigenvalue weighted by Crippen LogP contribution is 2.25. The van der Waals surface area contributed by atoms with Crippen LogP contribution in [0.15, 0.2) is 22.6 Å². The van der Waals surface area contributed by atoms with E-state index < -0.39 is 0 Å². The van der Waals surface area contributed by atoms with Gasteiger partial charge in [0.05, 0.1) is 0 Å². The van der Waals surface area contributed by atoms with Crippen LogP contribution in [0.4, 0.5) is 5.69 Å². The quantitative estimate of drug-likeness (QED) is 0.882. The Morgan fingerprint density at radius 3 is 2.78 bits per heavy atom. The summed E-state index contributed by atoms with van der Waals surface area (Å²) in [7, 11) is 0. The highest BCUT2D eigenvalue weighted by atomic mass is 16.3. The fraction of sp³-hybridized carbons (Fsp3) is 0.500. The molecule has 0 bridgehead atoms. The summed E-state index contributed by atoms with van der Waals surface area (Å²) in [5, 5.41) is 3.36. The Morgan fingerprint density at radius 1 is 1.28 bits per heavy atom. The first-order valence-corrected chi connectivity index (χ1v) is 6.60. The number of hydrogen-bond donors (Lipinski definition) is 1. The highest BCUT2D eigenvalue weighted by Gasteiger charge is 2.13. The minimum absolute atomic E-state index is 0.333. The van der Waals surface area contributed by atoms with E-state index >= 15 is 0 Å². The van der Waals surface area contributed by atoms with Crippen LogP contribution in [-0.2, 0) is 0 Å². The molecule has 1 aliphatic heterocycles. The molecular weight excluding hydrogens is 226 g/mol. The lowest BCUT2D eigenvalue weighted by molar-refractivity contribution is 0.501. The third-order valence-electron chi connectivity index (χ3n) is 3.36. The van der Waals surface area contributed by atoms with Crippen LogP contribution in [0.1, 0.15) is 25.7 Å². The zero-order chi connectivity index (χ0) is 12.5. The molecule has 4 nitrogen and oxygen atoms in total. The summed E-state index contributed by atoms with van der Waals surface area (Å²) in [6.07, 6.45) is 0. The largest absolute Gasteiger partial charge is 0.440 e. The van der Waals surface area contributed by atoms with E-state index in [9.17, 15) is 0 Å². The van der Waals surface area contributed by atoms with Crippen LogP contribution in [0.2, 0.25) is 0 Å². The molecule has 96 valence electrons. The van der Waals surface area contributed by atoms with Gasteiger partial charge in [0, 0.05) is 43.9 Å². The minimum atomic E-state index is 0.333. The molecular formula is C14H19N3O. The summed E-state index contributed by atoms with van der Waals surface area (Å²) >= 11 is 0. The maximum absolute atomic E-state index is 5.81. The fourth-order valence-corrected chi connectivity index (χ4v) is 2.30. The van der Waals surface area contributed by atoms with Gasteiger partial charge in [-0.2, -0.15) is 0 Å². The zero-order valence-electron chi connectivity index (χ0n) is 10.9. The molecule has 18 heavy (non-hydrogen) atoms. The average molecular weight is 245 g/mol. The van der Waals surface area contributed by atoms with Gasteiger partial charge < -0.3 is 14.6 Å². The minimum Gasteiger partial charge on any atom is -0.440 e. The number of nitrogens with one attached hydrogen (secondary N) is 1. The first-order valence-electron chi connectivity index (χ1n) is 6.60. The highest BCUT2D eigenvalue weighted by molar-refractivity contribution is 5.77. The molecule has 1 aromatic heterocycles. The maximum atomic E-state index is 5.81. The smallest absolute Gasteiger partial charge is 0.198 e.